The highest BCUT2D eigenvalue weighted by Gasteiger charge is 2.32. The van der Waals surface area contributed by atoms with Crippen LogP contribution in [-0.4, -0.2) is 33.1 Å². The van der Waals surface area contributed by atoms with Gasteiger partial charge in [-0.05, 0) is 29.3 Å². The molecule has 0 aliphatic carbocycles. The van der Waals surface area contributed by atoms with Gasteiger partial charge in [-0.25, -0.2) is 9.88 Å². The lowest BCUT2D eigenvalue weighted by atomic mass is 10.3. The number of imide groups is 1. The van der Waals surface area contributed by atoms with Crippen LogP contribution < -0.4 is 4.90 Å². The quantitative estimate of drug-likeness (QED) is 0.634. The van der Waals surface area contributed by atoms with Crippen LogP contribution in [0.25, 0.3) is 0 Å². The predicted molar refractivity (Wildman–Crippen MR) is 81.1 cm³/mol. The molecule has 1 aliphatic heterocycles. The molecule has 0 aromatic carbocycles. The summed E-state index contributed by atoms with van der Waals surface area (Å²) in [7, 11) is 2.34. The zero-order valence-corrected chi connectivity index (χ0v) is 12.9. The molecule has 8 heteroatoms. The Kier molecular flexibility index (Phi) is 5.24. The Morgan fingerprint density at radius 3 is 2.67 bits per heavy atom. The van der Waals surface area contributed by atoms with Gasteiger partial charge < -0.3 is 5.11 Å². The lowest BCUT2D eigenvalue weighted by molar-refractivity contribution is -0.136. The van der Waals surface area contributed by atoms with Gasteiger partial charge in [0.2, 0.25) is 11.8 Å². The van der Waals surface area contributed by atoms with Crippen molar-refractivity contribution in [2.45, 2.75) is 36.5 Å². The summed E-state index contributed by atoms with van der Waals surface area (Å²) in [6.07, 6.45) is 2.45. The van der Waals surface area contributed by atoms with Gasteiger partial charge in [-0.3, -0.25) is 14.4 Å². The van der Waals surface area contributed by atoms with Crippen LogP contribution in [0, 0.1) is 0 Å². The van der Waals surface area contributed by atoms with Gasteiger partial charge in [-0.2, -0.15) is 0 Å². The number of carbonyl (C=O) groups excluding carboxylic acids is 2. The molecule has 0 spiro atoms. The van der Waals surface area contributed by atoms with Crippen LogP contribution in [0.5, 0.6) is 0 Å². The molecule has 1 fully saturated rings. The number of amides is 2. The van der Waals surface area contributed by atoms with E-state index in [1.165, 1.54) is 10.8 Å². The van der Waals surface area contributed by atoms with E-state index < -0.39 is 11.2 Å². The van der Waals surface area contributed by atoms with E-state index in [4.69, 9.17) is 5.11 Å². The third kappa shape index (κ3) is 3.56. The maximum atomic E-state index is 11.8. The Labute approximate surface area is 129 Å². The second kappa shape index (κ2) is 6.95. The molecule has 112 valence electrons. The minimum absolute atomic E-state index is 0.206. The molecule has 21 heavy (non-hydrogen) atoms. The second-order valence-corrected chi connectivity index (χ2v) is 6.76. The summed E-state index contributed by atoms with van der Waals surface area (Å²) in [6, 6.07) is 3.30. The predicted octanol–water partition coefficient (Wildman–Crippen LogP) is 2.34. The van der Waals surface area contributed by atoms with E-state index in [2.05, 4.69) is 4.98 Å². The zero-order valence-electron chi connectivity index (χ0n) is 11.3. The molecule has 0 radical (unpaired) electrons. The van der Waals surface area contributed by atoms with E-state index >= 15 is 0 Å². The molecule has 6 nitrogen and oxygen atoms in total. The number of carbonyl (C=O) groups is 3. The number of nitrogens with zero attached hydrogens (tertiary/aromatic N) is 2. The minimum Gasteiger partial charge on any atom is -0.480 e. The highest BCUT2D eigenvalue weighted by atomic mass is 33.1. The summed E-state index contributed by atoms with van der Waals surface area (Å²) in [6.45, 7) is 1.79. The SMILES string of the molecule is CCC(SSc1ncccc1N1C(=O)CCC1=O)C(=O)O. The summed E-state index contributed by atoms with van der Waals surface area (Å²) in [4.78, 5) is 39.9. The summed E-state index contributed by atoms with van der Waals surface area (Å²) < 4.78 is 0. The van der Waals surface area contributed by atoms with Gasteiger partial charge >= 0.3 is 5.97 Å². The molecule has 1 aromatic rings. The smallest absolute Gasteiger partial charge is 0.317 e. The molecular formula is C13H14N2O4S2. The first-order valence-electron chi connectivity index (χ1n) is 6.41. The average Bonchev–Trinajstić information content (AvgIpc) is 2.79. The molecule has 1 saturated heterocycles. The Morgan fingerprint density at radius 2 is 2.10 bits per heavy atom. The molecule has 1 atom stereocenters. The zero-order chi connectivity index (χ0) is 15.4. The van der Waals surface area contributed by atoms with Crippen molar-refractivity contribution < 1.29 is 19.5 Å². The maximum absolute atomic E-state index is 11.8. The van der Waals surface area contributed by atoms with Gasteiger partial charge in [0.05, 0.1) is 5.69 Å². The lowest BCUT2D eigenvalue weighted by Crippen LogP contribution is -2.29. The van der Waals surface area contributed by atoms with Gasteiger partial charge in [0.1, 0.15) is 10.3 Å². The highest BCUT2D eigenvalue weighted by molar-refractivity contribution is 8.77. The molecule has 1 aromatic heterocycles. The van der Waals surface area contributed by atoms with E-state index in [1.807, 2.05) is 0 Å². The molecule has 1 N–H and O–H groups in total. The number of aromatic nitrogens is 1. The third-order valence-electron chi connectivity index (χ3n) is 2.93. The van der Waals surface area contributed by atoms with Crippen molar-refractivity contribution >= 4 is 45.1 Å². The maximum Gasteiger partial charge on any atom is 0.317 e. The van der Waals surface area contributed by atoms with E-state index in [9.17, 15) is 14.4 Å². The fourth-order valence-electron chi connectivity index (χ4n) is 1.85. The van der Waals surface area contributed by atoms with Crippen molar-refractivity contribution in [2.75, 3.05) is 4.90 Å². The number of hydrogen-bond acceptors (Lipinski definition) is 6. The molecular weight excluding hydrogens is 312 g/mol. The monoisotopic (exact) mass is 326 g/mol. The number of carboxylic acid groups (broad SMARTS) is 1. The first kappa shape index (κ1) is 15.8. The lowest BCUT2D eigenvalue weighted by Gasteiger charge is -2.17. The Morgan fingerprint density at radius 1 is 1.43 bits per heavy atom. The van der Waals surface area contributed by atoms with Crippen molar-refractivity contribution in [3.05, 3.63) is 18.3 Å². The topological polar surface area (TPSA) is 87.6 Å². The van der Waals surface area contributed by atoms with Crippen LogP contribution in [0.15, 0.2) is 23.4 Å². The summed E-state index contributed by atoms with van der Waals surface area (Å²) >= 11 is 0. The minimum atomic E-state index is -0.888. The first-order chi connectivity index (χ1) is 10.0. The van der Waals surface area contributed by atoms with Gasteiger partial charge in [-0.15, -0.1) is 0 Å². The van der Waals surface area contributed by atoms with Crippen LogP contribution >= 0.6 is 21.6 Å². The molecule has 2 rings (SSSR count). The van der Waals surface area contributed by atoms with Crippen LogP contribution in [-0.2, 0) is 14.4 Å². The average molecular weight is 326 g/mol. The van der Waals surface area contributed by atoms with Crippen LogP contribution in [0.2, 0.25) is 0 Å². The van der Waals surface area contributed by atoms with Crippen LogP contribution in [0.1, 0.15) is 26.2 Å². The first-order valence-corrected chi connectivity index (χ1v) is 8.62. The molecule has 2 heterocycles. The van der Waals surface area contributed by atoms with Gasteiger partial charge in [0.25, 0.3) is 0 Å². The van der Waals surface area contributed by atoms with Crippen LogP contribution in [0.3, 0.4) is 0 Å². The number of carboxylic acids is 1. The van der Waals surface area contributed by atoms with E-state index in [1.54, 1.807) is 25.3 Å². The molecule has 1 aliphatic rings. The van der Waals surface area contributed by atoms with E-state index in [0.29, 0.717) is 17.1 Å². The van der Waals surface area contributed by atoms with Crippen molar-refractivity contribution in [1.82, 2.24) is 4.98 Å². The summed E-state index contributed by atoms with van der Waals surface area (Å²) in [5, 5.41) is 8.96. The number of anilines is 1. The number of rotatable bonds is 6. The van der Waals surface area contributed by atoms with Crippen molar-refractivity contribution in [1.29, 1.82) is 0 Å². The van der Waals surface area contributed by atoms with Crippen LogP contribution in [0.4, 0.5) is 5.69 Å². The number of aliphatic carboxylic acids is 1. The van der Waals surface area contributed by atoms with Gasteiger partial charge in [0, 0.05) is 19.0 Å². The Hall–Kier alpha value is -1.54. The number of pyridine rings is 1. The molecule has 1 unspecified atom stereocenters. The fraction of sp³-hybridized carbons (Fsp3) is 0.385. The molecule has 0 saturated carbocycles. The second-order valence-electron chi connectivity index (χ2n) is 4.37. The molecule has 0 bridgehead atoms. The summed E-state index contributed by atoms with van der Waals surface area (Å²) in [5.74, 6) is -1.38. The highest BCUT2D eigenvalue weighted by Crippen LogP contribution is 2.40. The Bertz CT molecular complexity index is 563. The van der Waals surface area contributed by atoms with Gasteiger partial charge in [-0.1, -0.05) is 17.7 Å². The van der Waals surface area contributed by atoms with Crippen molar-refractivity contribution in [2.24, 2.45) is 0 Å². The van der Waals surface area contributed by atoms with Crippen molar-refractivity contribution in [3.8, 4) is 0 Å². The largest absolute Gasteiger partial charge is 0.480 e. The Balaban J connectivity index is 2.19. The van der Waals surface area contributed by atoms with Gasteiger partial charge in [0.15, 0.2) is 0 Å². The normalized spacial score (nSPS) is 16.3. The fourth-order valence-corrected chi connectivity index (χ4v) is 4.29. The van der Waals surface area contributed by atoms with E-state index in [0.717, 1.165) is 15.7 Å². The van der Waals surface area contributed by atoms with Crippen molar-refractivity contribution in [3.63, 3.8) is 0 Å². The summed E-state index contributed by atoms with van der Waals surface area (Å²) in [5.41, 5.74) is 0.433. The van der Waals surface area contributed by atoms with E-state index in [-0.39, 0.29) is 24.7 Å². The number of hydrogen-bond donors (Lipinski definition) is 1. The standard InChI is InChI=1S/C13H14N2O4S2/c1-2-9(13(18)19)20-21-12-8(4-3-7-14-12)15-10(16)5-6-11(15)17/h3-4,7,9H,2,5-6H2,1H3,(H,18,19). The molecule has 2 amide bonds. The third-order valence-corrected chi connectivity index (χ3v) is 5.73.